The summed E-state index contributed by atoms with van der Waals surface area (Å²) in [4.78, 5) is 52.3. The fourth-order valence-electron chi connectivity index (χ4n) is 7.30. The Morgan fingerprint density at radius 3 is 2.35 bits per heavy atom. The van der Waals surface area contributed by atoms with Crippen LogP contribution in [0.25, 0.3) is 0 Å². The predicted molar refractivity (Wildman–Crippen MR) is 174 cm³/mol. The fourth-order valence-corrected chi connectivity index (χ4v) is 7.30. The van der Waals surface area contributed by atoms with Crippen LogP contribution in [-0.2, 0) is 22.7 Å². The summed E-state index contributed by atoms with van der Waals surface area (Å²) in [5.74, 6) is 1.02. The highest BCUT2D eigenvalue weighted by atomic mass is 16.5. The minimum Gasteiger partial charge on any atom is -0.494 e. The number of benzene rings is 2. The van der Waals surface area contributed by atoms with E-state index in [0.717, 1.165) is 64.0 Å². The van der Waals surface area contributed by atoms with Gasteiger partial charge < -0.3 is 19.9 Å². The highest BCUT2D eigenvalue weighted by Gasteiger charge is 2.39. The molecule has 2 aromatic carbocycles. The Kier molecular flexibility index (Phi) is 8.57. The van der Waals surface area contributed by atoms with Crippen LogP contribution in [0, 0.1) is 0 Å². The van der Waals surface area contributed by atoms with Gasteiger partial charge in [-0.05, 0) is 86.0 Å². The van der Waals surface area contributed by atoms with E-state index in [0.29, 0.717) is 42.2 Å². The van der Waals surface area contributed by atoms with Crippen LogP contribution >= 0.6 is 0 Å². The molecule has 240 valence electrons. The van der Waals surface area contributed by atoms with E-state index in [4.69, 9.17) is 4.74 Å². The maximum absolute atomic E-state index is 13.1. The van der Waals surface area contributed by atoms with Gasteiger partial charge in [-0.1, -0.05) is 24.3 Å². The highest BCUT2D eigenvalue weighted by Crippen LogP contribution is 2.34. The molecule has 4 aliphatic rings. The van der Waals surface area contributed by atoms with Crippen LogP contribution in [0.4, 0.5) is 11.6 Å². The van der Waals surface area contributed by atoms with Gasteiger partial charge in [-0.25, -0.2) is 9.97 Å². The normalized spacial score (nSPS) is 21.3. The van der Waals surface area contributed by atoms with Gasteiger partial charge in [0.2, 0.25) is 17.8 Å². The van der Waals surface area contributed by atoms with Crippen molar-refractivity contribution in [3.8, 4) is 5.75 Å². The van der Waals surface area contributed by atoms with Gasteiger partial charge in [0.15, 0.2) is 5.75 Å². The van der Waals surface area contributed by atoms with Crippen LogP contribution in [0.15, 0.2) is 54.9 Å². The van der Waals surface area contributed by atoms with Crippen molar-refractivity contribution >= 4 is 29.4 Å². The molecule has 3 aromatic rings. The van der Waals surface area contributed by atoms with E-state index < -0.39 is 6.04 Å². The third kappa shape index (κ3) is 6.42. The summed E-state index contributed by atoms with van der Waals surface area (Å²) in [6, 6.07) is 15.0. The number of rotatable bonds is 8. The lowest BCUT2D eigenvalue weighted by molar-refractivity contribution is -0.136. The first-order valence-corrected chi connectivity index (χ1v) is 16.4. The number of nitrogens with one attached hydrogen (secondary N) is 2. The van der Waals surface area contributed by atoms with E-state index >= 15 is 0 Å². The molecular formula is C35H41N7O4. The van der Waals surface area contributed by atoms with Crippen molar-refractivity contribution < 1.29 is 19.1 Å². The molecule has 11 nitrogen and oxygen atoms in total. The number of likely N-dealkylation sites (tertiary alicyclic amines) is 1. The second kappa shape index (κ2) is 13.1. The fraction of sp³-hybridized carbons (Fsp3) is 0.457. The molecule has 1 unspecified atom stereocenters. The number of anilines is 2. The lowest BCUT2D eigenvalue weighted by atomic mass is 9.87. The van der Waals surface area contributed by atoms with Gasteiger partial charge in [-0.15, -0.1) is 0 Å². The highest BCUT2D eigenvalue weighted by molar-refractivity contribution is 6.05. The number of hydrogen-bond donors (Lipinski definition) is 2. The molecule has 0 saturated carbocycles. The van der Waals surface area contributed by atoms with Crippen LogP contribution in [0.2, 0.25) is 0 Å². The molecule has 5 heterocycles. The second-order valence-corrected chi connectivity index (χ2v) is 12.9. The summed E-state index contributed by atoms with van der Waals surface area (Å²) < 4.78 is 5.14. The second-order valence-electron chi connectivity index (χ2n) is 12.9. The summed E-state index contributed by atoms with van der Waals surface area (Å²) in [5, 5.41) is 5.83. The number of amides is 3. The van der Waals surface area contributed by atoms with Crippen molar-refractivity contribution in [3.63, 3.8) is 0 Å². The number of imide groups is 1. The number of nitrogens with zero attached hydrogens (tertiary/aromatic N) is 5. The summed E-state index contributed by atoms with van der Waals surface area (Å²) in [6.45, 7) is 5.42. The Morgan fingerprint density at radius 2 is 1.65 bits per heavy atom. The number of carbonyl (C=O) groups excluding carboxylic acids is 3. The maximum atomic E-state index is 13.1. The standard InChI is InChI=1S/C35H41N7O4/c1-46-29-19-36-35(37-20-29)38-27-12-16-41(17-13-27)28-5-2-23(3-6-28)21-40-14-10-24(11-15-40)25-4-7-30-26(18-25)22-42(34(30)45)31-8-9-32(43)39-33(31)44/h2-7,18-20,24,27,31H,8-17,21-22H2,1H3,(H,36,37,38)(H,39,43,44). The third-order valence-corrected chi connectivity index (χ3v) is 10.0. The predicted octanol–water partition coefficient (Wildman–Crippen LogP) is 3.71. The number of piperidine rings is 3. The minimum atomic E-state index is -0.575. The van der Waals surface area contributed by atoms with E-state index in [9.17, 15) is 14.4 Å². The molecule has 3 fully saturated rings. The maximum Gasteiger partial charge on any atom is 0.255 e. The van der Waals surface area contributed by atoms with Crippen molar-refractivity contribution in [1.29, 1.82) is 0 Å². The number of fused-ring (bicyclic) bond motifs is 1. The van der Waals surface area contributed by atoms with E-state index in [1.54, 1.807) is 24.4 Å². The summed E-state index contributed by atoms with van der Waals surface area (Å²) in [6.07, 6.45) is 8.25. The molecule has 3 amide bonds. The molecule has 3 saturated heterocycles. The molecule has 0 radical (unpaired) electrons. The van der Waals surface area contributed by atoms with Crippen molar-refractivity contribution in [2.45, 2.75) is 69.6 Å². The number of ether oxygens (including phenoxy) is 1. The quantitative estimate of drug-likeness (QED) is 0.362. The Hall–Kier alpha value is -4.51. The van der Waals surface area contributed by atoms with Gasteiger partial charge in [0.25, 0.3) is 5.91 Å². The monoisotopic (exact) mass is 623 g/mol. The van der Waals surface area contributed by atoms with E-state index in [1.165, 1.54) is 16.8 Å². The molecule has 0 aliphatic carbocycles. The van der Waals surface area contributed by atoms with Crippen LogP contribution < -0.4 is 20.3 Å². The van der Waals surface area contributed by atoms with Gasteiger partial charge in [0.1, 0.15) is 6.04 Å². The average molecular weight is 624 g/mol. The zero-order chi connectivity index (χ0) is 31.6. The van der Waals surface area contributed by atoms with E-state index in [1.807, 2.05) is 6.07 Å². The zero-order valence-corrected chi connectivity index (χ0v) is 26.3. The van der Waals surface area contributed by atoms with Crippen LogP contribution in [0.5, 0.6) is 5.75 Å². The zero-order valence-electron chi connectivity index (χ0n) is 26.3. The summed E-state index contributed by atoms with van der Waals surface area (Å²) in [7, 11) is 1.61. The molecule has 11 heteroatoms. The first-order chi connectivity index (χ1) is 22.4. The smallest absolute Gasteiger partial charge is 0.255 e. The van der Waals surface area contributed by atoms with Gasteiger partial charge >= 0.3 is 0 Å². The molecule has 7 rings (SSSR count). The van der Waals surface area contributed by atoms with Gasteiger partial charge in [-0.3, -0.25) is 24.6 Å². The Bertz CT molecular complexity index is 1580. The third-order valence-electron chi connectivity index (χ3n) is 10.0. The van der Waals surface area contributed by atoms with Crippen molar-refractivity contribution in [1.82, 2.24) is 25.1 Å². The van der Waals surface area contributed by atoms with Crippen LogP contribution in [0.3, 0.4) is 0 Å². The Labute approximate surface area is 269 Å². The largest absolute Gasteiger partial charge is 0.494 e. The minimum absolute atomic E-state index is 0.113. The van der Waals surface area contributed by atoms with Gasteiger partial charge in [0, 0.05) is 49.9 Å². The molecule has 1 aromatic heterocycles. The summed E-state index contributed by atoms with van der Waals surface area (Å²) in [5.41, 5.74) is 5.55. The molecule has 1 atom stereocenters. The molecular weight excluding hydrogens is 582 g/mol. The van der Waals surface area contributed by atoms with Gasteiger partial charge in [0.05, 0.1) is 19.5 Å². The number of aromatic nitrogens is 2. The molecule has 4 aliphatic heterocycles. The number of carbonyl (C=O) groups is 3. The topological polar surface area (TPSA) is 120 Å². The SMILES string of the molecule is COc1cnc(NC2CCN(c3ccc(CN4CCC(c5ccc6c(c5)CN(C5CCC(=O)NC5=O)C6=O)CC4)cc3)CC2)nc1. The first kappa shape index (κ1) is 30.2. The average Bonchev–Trinajstić information content (AvgIpc) is 3.41. The summed E-state index contributed by atoms with van der Waals surface area (Å²) >= 11 is 0. The lowest BCUT2D eigenvalue weighted by Crippen LogP contribution is -2.52. The van der Waals surface area contributed by atoms with Crippen molar-refractivity contribution in [2.75, 3.05) is 43.5 Å². The first-order valence-electron chi connectivity index (χ1n) is 16.4. The van der Waals surface area contributed by atoms with E-state index in [-0.39, 0.29) is 24.1 Å². The van der Waals surface area contributed by atoms with Crippen LogP contribution in [-0.4, -0.2) is 82.9 Å². The van der Waals surface area contributed by atoms with Crippen molar-refractivity contribution in [2.24, 2.45) is 0 Å². The Morgan fingerprint density at radius 1 is 0.913 bits per heavy atom. The lowest BCUT2D eigenvalue weighted by Gasteiger charge is -2.34. The number of methoxy groups -OCH3 is 1. The Balaban J connectivity index is 0.874. The molecule has 0 bridgehead atoms. The van der Waals surface area contributed by atoms with E-state index in [2.05, 4.69) is 66.8 Å². The van der Waals surface area contributed by atoms with Crippen LogP contribution in [0.1, 0.15) is 71.5 Å². The van der Waals surface area contributed by atoms with Crippen molar-refractivity contribution in [3.05, 3.63) is 77.1 Å². The molecule has 2 N–H and O–H groups in total. The molecule has 46 heavy (non-hydrogen) atoms. The van der Waals surface area contributed by atoms with Gasteiger partial charge in [-0.2, -0.15) is 0 Å². The number of hydrogen-bond acceptors (Lipinski definition) is 9. The molecule has 0 spiro atoms.